The zero-order valence-electron chi connectivity index (χ0n) is 16.4. The van der Waals surface area contributed by atoms with Crippen LogP contribution in [-0.2, 0) is 0 Å². The zero-order chi connectivity index (χ0) is 18.1. The standard InChI is InChI=1S/C19H32N4O2.HI/c1-5-20-19(21-13-15-8-7-11-23(3)14-15)22-16-9-10-17(24-4)18(12-16)25-6-2;/h9-10,12,15H,5-8,11,13-14H2,1-4H3,(H2,20,21,22);1H. The van der Waals surface area contributed by atoms with Gasteiger partial charge in [0.25, 0.3) is 0 Å². The van der Waals surface area contributed by atoms with E-state index in [0.29, 0.717) is 12.5 Å². The molecule has 2 N–H and O–H groups in total. The number of nitrogens with one attached hydrogen (secondary N) is 2. The first kappa shape index (κ1) is 22.8. The van der Waals surface area contributed by atoms with Gasteiger partial charge < -0.3 is 25.0 Å². The quantitative estimate of drug-likeness (QED) is 0.359. The van der Waals surface area contributed by atoms with E-state index in [0.717, 1.165) is 42.8 Å². The summed E-state index contributed by atoms with van der Waals surface area (Å²) in [7, 11) is 3.84. The smallest absolute Gasteiger partial charge is 0.195 e. The van der Waals surface area contributed by atoms with E-state index in [9.17, 15) is 0 Å². The van der Waals surface area contributed by atoms with Crippen molar-refractivity contribution in [3.05, 3.63) is 18.2 Å². The van der Waals surface area contributed by atoms with Gasteiger partial charge in [-0.2, -0.15) is 0 Å². The van der Waals surface area contributed by atoms with Crippen LogP contribution < -0.4 is 20.1 Å². The Kier molecular flexibility index (Phi) is 10.7. The number of guanidine groups is 1. The summed E-state index contributed by atoms with van der Waals surface area (Å²) >= 11 is 0. The average Bonchev–Trinajstić information content (AvgIpc) is 2.60. The first-order valence-corrected chi connectivity index (χ1v) is 9.21. The molecule has 2 rings (SSSR count). The van der Waals surface area contributed by atoms with Crippen molar-refractivity contribution in [3.8, 4) is 11.5 Å². The van der Waals surface area contributed by atoms with Gasteiger partial charge in [0, 0.05) is 31.4 Å². The Morgan fingerprint density at radius 2 is 2.12 bits per heavy atom. The Labute approximate surface area is 174 Å². The molecule has 0 aliphatic carbocycles. The van der Waals surface area contributed by atoms with Crippen LogP contribution in [0.2, 0.25) is 0 Å². The zero-order valence-corrected chi connectivity index (χ0v) is 18.7. The molecule has 7 heteroatoms. The molecule has 0 aromatic heterocycles. The third-order valence-electron chi connectivity index (χ3n) is 4.30. The van der Waals surface area contributed by atoms with Crippen molar-refractivity contribution in [2.24, 2.45) is 10.9 Å². The fourth-order valence-corrected chi connectivity index (χ4v) is 3.11. The van der Waals surface area contributed by atoms with Crippen LogP contribution in [-0.4, -0.2) is 57.8 Å². The van der Waals surface area contributed by atoms with Crippen LogP contribution in [0.5, 0.6) is 11.5 Å². The molecule has 1 atom stereocenters. The van der Waals surface area contributed by atoms with Gasteiger partial charge in [0.2, 0.25) is 0 Å². The highest BCUT2D eigenvalue weighted by atomic mass is 127. The molecule has 26 heavy (non-hydrogen) atoms. The van der Waals surface area contributed by atoms with Gasteiger partial charge in [0.1, 0.15) is 0 Å². The number of methoxy groups -OCH3 is 1. The Morgan fingerprint density at radius 3 is 2.77 bits per heavy atom. The van der Waals surface area contributed by atoms with Crippen LogP contribution in [0.25, 0.3) is 0 Å². The molecular formula is C19H33IN4O2. The number of aliphatic imine (C=N–C) groups is 1. The molecular weight excluding hydrogens is 443 g/mol. The van der Waals surface area contributed by atoms with Crippen molar-refractivity contribution in [1.29, 1.82) is 0 Å². The topological polar surface area (TPSA) is 58.1 Å². The van der Waals surface area contributed by atoms with E-state index in [4.69, 9.17) is 14.5 Å². The molecule has 1 aliphatic heterocycles. The summed E-state index contributed by atoms with van der Waals surface area (Å²) < 4.78 is 11.0. The molecule has 6 nitrogen and oxygen atoms in total. The number of ether oxygens (including phenoxy) is 2. The van der Waals surface area contributed by atoms with Crippen LogP contribution in [0.3, 0.4) is 0 Å². The molecule has 1 aliphatic rings. The van der Waals surface area contributed by atoms with Gasteiger partial charge in [0.05, 0.1) is 13.7 Å². The minimum atomic E-state index is 0. The minimum Gasteiger partial charge on any atom is -0.493 e. The lowest BCUT2D eigenvalue weighted by Crippen LogP contribution is -2.35. The van der Waals surface area contributed by atoms with E-state index < -0.39 is 0 Å². The van der Waals surface area contributed by atoms with Gasteiger partial charge in [-0.3, -0.25) is 4.99 Å². The molecule has 0 amide bonds. The Morgan fingerprint density at radius 1 is 1.31 bits per heavy atom. The number of nitrogens with zero attached hydrogens (tertiary/aromatic N) is 2. The second-order valence-electron chi connectivity index (χ2n) is 6.41. The number of anilines is 1. The number of likely N-dealkylation sites (tertiary alicyclic amines) is 1. The molecule has 0 radical (unpaired) electrons. The maximum Gasteiger partial charge on any atom is 0.195 e. The second kappa shape index (κ2) is 12.2. The van der Waals surface area contributed by atoms with Crippen molar-refractivity contribution < 1.29 is 9.47 Å². The summed E-state index contributed by atoms with van der Waals surface area (Å²) in [6.45, 7) is 8.63. The summed E-state index contributed by atoms with van der Waals surface area (Å²) in [6, 6.07) is 5.83. The monoisotopic (exact) mass is 476 g/mol. The molecule has 0 bridgehead atoms. The van der Waals surface area contributed by atoms with Crippen molar-refractivity contribution >= 4 is 35.6 Å². The van der Waals surface area contributed by atoms with Crippen molar-refractivity contribution in [2.75, 3.05) is 52.3 Å². The first-order valence-electron chi connectivity index (χ1n) is 9.21. The highest BCUT2D eigenvalue weighted by molar-refractivity contribution is 14.0. The van der Waals surface area contributed by atoms with E-state index in [1.165, 1.54) is 19.4 Å². The predicted octanol–water partition coefficient (Wildman–Crippen LogP) is 3.43. The molecule has 0 spiro atoms. The second-order valence-corrected chi connectivity index (χ2v) is 6.41. The SMILES string of the molecule is CCNC(=NCC1CCCN(C)C1)Nc1ccc(OC)c(OCC)c1.I. The lowest BCUT2D eigenvalue weighted by molar-refractivity contribution is 0.214. The molecule has 1 heterocycles. The van der Waals surface area contributed by atoms with E-state index in [1.807, 2.05) is 25.1 Å². The highest BCUT2D eigenvalue weighted by Gasteiger charge is 2.17. The first-order chi connectivity index (χ1) is 12.2. The normalized spacial score (nSPS) is 18.0. The number of halogens is 1. The Bertz CT molecular complexity index is 568. The maximum atomic E-state index is 5.65. The lowest BCUT2D eigenvalue weighted by atomic mass is 9.99. The Hall–Kier alpha value is -1.22. The number of hydrogen-bond donors (Lipinski definition) is 2. The van der Waals surface area contributed by atoms with Crippen LogP contribution in [0, 0.1) is 5.92 Å². The van der Waals surface area contributed by atoms with Crippen LogP contribution in [0.15, 0.2) is 23.2 Å². The van der Waals surface area contributed by atoms with Gasteiger partial charge >= 0.3 is 0 Å². The van der Waals surface area contributed by atoms with Crippen LogP contribution >= 0.6 is 24.0 Å². The number of rotatable bonds is 7. The number of hydrogen-bond acceptors (Lipinski definition) is 4. The van der Waals surface area contributed by atoms with Crippen LogP contribution in [0.4, 0.5) is 5.69 Å². The third kappa shape index (κ3) is 7.19. The van der Waals surface area contributed by atoms with Gasteiger partial charge in [0.15, 0.2) is 17.5 Å². The van der Waals surface area contributed by atoms with E-state index in [-0.39, 0.29) is 24.0 Å². The minimum absolute atomic E-state index is 0. The van der Waals surface area contributed by atoms with Crippen molar-refractivity contribution in [3.63, 3.8) is 0 Å². The fraction of sp³-hybridized carbons (Fsp3) is 0.632. The summed E-state index contributed by atoms with van der Waals surface area (Å²) in [5.41, 5.74) is 0.935. The van der Waals surface area contributed by atoms with Gasteiger partial charge in [-0.25, -0.2) is 0 Å². The summed E-state index contributed by atoms with van der Waals surface area (Å²) in [5, 5.41) is 6.69. The molecule has 1 saturated heterocycles. The van der Waals surface area contributed by atoms with E-state index >= 15 is 0 Å². The molecule has 1 unspecified atom stereocenters. The van der Waals surface area contributed by atoms with Gasteiger partial charge in [-0.15, -0.1) is 24.0 Å². The summed E-state index contributed by atoms with van der Waals surface area (Å²) in [6.07, 6.45) is 2.52. The maximum absolute atomic E-state index is 5.65. The number of piperidine rings is 1. The summed E-state index contributed by atoms with van der Waals surface area (Å²) in [4.78, 5) is 7.17. The van der Waals surface area contributed by atoms with Gasteiger partial charge in [-0.05, 0) is 58.3 Å². The fourth-order valence-electron chi connectivity index (χ4n) is 3.11. The van der Waals surface area contributed by atoms with E-state index in [2.05, 4.69) is 29.5 Å². The average molecular weight is 476 g/mol. The van der Waals surface area contributed by atoms with Crippen LogP contribution in [0.1, 0.15) is 26.7 Å². The molecule has 1 aromatic rings. The van der Waals surface area contributed by atoms with Crippen molar-refractivity contribution in [2.45, 2.75) is 26.7 Å². The lowest BCUT2D eigenvalue weighted by Gasteiger charge is -2.28. The highest BCUT2D eigenvalue weighted by Crippen LogP contribution is 2.30. The third-order valence-corrected chi connectivity index (χ3v) is 4.30. The molecule has 1 aromatic carbocycles. The predicted molar refractivity (Wildman–Crippen MR) is 119 cm³/mol. The van der Waals surface area contributed by atoms with Crippen molar-refractivity contribution in [1.82, 2.24) is 10.2 Å². The van der Waals surface area contributed by atoms with Gasteiger partial charge in [-0.1, -0.05) is 0 Å². The molecule has 1 fully saturated rings. The molecule has 148 valence electrons. The largest absolute Gasteiger partial charge is 0.493 e. The molecule has 0 saturated carbocycles. The Balaban J connectivity index is 0.00000338. The summed E-state index contributed by atoms with van der Waals surface area (Å²) in [5.74, 6) is 2.91. The van der Waals surface area contributed by atoms with E-state index in [1.54, 1.807) is 7.11 Å². The number of benzene rings is 1.